The lowest BCUT2D eigenvalue weighted by atomic mass is 10.2. The second kappa shape index (κ2) is 4.93. The number of carbonyl (C=O) groups excluding carboxylic acids is 1. The van der Waals surface area contributed by atoms with Crippen LogP contribution in [-0.4, -0.2) is 27.0 Å². The van der Waals surface area contributed by atoms with Crippen molar-refractivity contribution in [3.63, 3.8) is 0 Å². The molecule has 0 saturated heterocycles. The van der Waals surface area contributed by atoms with E-state index < -0.39 is 0 Å². The SMILES string of the molecule is O=C(N/C=N/O)c1ccc(-n2ccnc2)cc1. The molecule has 2 aromatic rings. The third kappa shape index (κ3) is 2.49. The monoisotopic (exact) mass is 230 g/mol. The number of carbonyl (C=O) groups is 1. The molecule has 86 valence electrons. The van der Waals surface area contributed by atoms with Crippen molar-refractivity contribution in [3.8, 4) is 5.69 Å². The predicted molar refractivity (Wildman–Crippen MR) is 61.3 cm³/mol. The Balaban J connectivity index is 2.16. The van der Waals surface area contributed by atoms with E-state index in [9.17, 15) is 4.79 Å². The van der Waals surface area contributed by atoms with Gasteiger partial charge >= 0.3 is 0 Å². The van der Waals surface area contributed by atoms with Crippen LogP contribution in [0.4, 0.5) is 0 Å². The largest absolute Gasteiger partial charge is 0.410 e. The summed E-state index contributed by atoms with van der Waals surface area (Å²) in [5, 5.41) is 13.2. The first-order valence-electron chi connectivity index (χ1n) is 4.86. The van der Waals surface area contributed by atoms with Crippen molar-refractivity contribution in [2.24, 2.45) is 5.16 Å². The number of hydrogen-bond acceptors (Lipinski definition) is 4. The van der Waals surface area contributed by atoms with E-state index in [0.29, 0.717) is 5.56 Å². The van der Waals surface area contributed by atoms with Crippen molar-refractivity contribution >= 4 is 12.2 Å². The van der Waals surface area contributed by atoms with E-state index in [4.69, 9.17) is 5.21 Å². The van der Waals surface area contributed by atoms with Crippen molar-refractivity contribution in [1.29, 1.82) is 0 Å². The lowest BCUT2D eigenvalue weighted by Crippen LogP contribution is -2.21. The third-order valence-corrected chi connectivity index (χ3v) is 2.19. The molecule has 0 bridgehead atoms. The average molecular weight is 230 g/mol. The van der Waals surface area contributed by atoms with E-state index >= 15 is 0 Å². The van der Waals surface area contributed by atoms with E-state index in [1.165, 1.54) is 0 Å². The summed E-state index contributed by atoms with van der Waals surface area (Å²) in [6, 6.07) is 6.95. The van der Waals surface area contributed by atoms with Gasteiger partial charge in [0.1, 0.15) is 6.34 Å². The molecule has 1 amide bonds. The van der Waals surface area contributed by atoms with Crippen LogP contribution < -0.4 is 5.32 Å². The molecule has 0 aliphatic heterocycles. The Hall–Kier alpha value is -2.63. The standard InChI is InChI=1S/C11H10N4O2/c16-11(13-7-14-17)9-1-3-10(4-2-9)15-6-5-12-8-15/h1-8,17H,(H,13,14,16). The van der Waals surface area contributed by atoms with E-state index in [0.717, 1.165) is 12.0 Å². The molecule has 0 aliphatic rings. The Morgan fingerprint density at radius 3 is 2.76 bits per heavy atom. The maximum Gasteiger partial charge on any atom is 0.256 e. The molecule has 0 fully saturated rings. The van der Waals surface area contributed by atoms with Crippen LogP contribution in [0.1, 0.15) is 10.4 Å². The summed E-state index contributed by atoms with van der Waals surface area (Å²) in [6.45, 7) is 0. The number of nitrogens with one attached hydrogen (secondary N) is 1. The number of rotatable bonds is 3. The minimum atomic E-state index is -0.333. The van der Waals surface area contributed by atoms with Crippen molar-refractivity contribution in [2.75, 3.05) is 0 Å². The fourth-order valence-corrected chi connectivity index (χ4v) is 1.37. The topological polar surface area (TPSA) is 79.5 Å². The number of amides is 1. The Morgan fingerprint density at radius 1 is 1.41 bits per heavy atom. The van der Waals surface area contributed by atoms with E-state index in [2.05, 4.69) is 15.5 Å². The second-order valence-corrected chi connectivity index (χ2v) is 3.23. The zero-order valence-corrected chi connectivity index (χ0v) is 8.82. The molecule has 17 heavy (non-hydrogen) atoms. The summed E-state index contributed by atoms with van der Waals surface area (Å²) in [6.07, 6.45) is 6.09. The molecule has 2 N–H and O–H groups in total. The van der Waals surface area contributed by atoms with Gasteiger partial charge in [0.2, 0.25) is 0 Å². The second-order valence-electron chi connectivity index (χ2n) is 3.23. The predicted octanol–water partition coefficient (Wildman–Crippen LogP) is 1.02. The highest BCUT2D eigenvalue weighted by molar-refractivity contribution is 6.00. The lowest BCUT2D eigenvalue weighted by Gasteiger charge is -2.03. The smallest absolute Gasteiger partial charge is 0.256 e. The van der Waals surface area contributed by atoms with E-state index in [-0.39, 0.29) is 5.91 Å². The van der Waals surface area contributed by atoms with Gasteiger partial charge in [0, 0.05) is 23.6 Å². The summed E-state index contributed by atoms with van der Waals surface area (Å²) in [4.78, 5) is 15.4. The van der Waals surface area contributed by atoms with Gasteiger partial charge in [-0.25, -0.2) is 4.98 Å². The van der Waals surface area contributed by atoms with Crippen molar-refractivity contribution in [3.05, 3.63) is 48.5 Å². The van der Waals surface area contributed by atoms with Crippen LogP contribution in [0.25, 0.3) is 5.69 Å². The molecule has 0 aliphatic carbocycles. The molecule has 1 heterocycles. The average Bonchev–Trinajstić information content (AvgIpc) is 2.90. The minimum absolute atomic E-state index is 0.333. The van der Waals surface area contributed by atoms with Crippen LogP contribution >= 0.6 is 0 Å². The molecule has 1 aromatic carbocycles. The first-order chi connectivity index (χ1) is 8.31. The maximum absolute atomic E-state index is 11.5. The lowest BCUT2D eigenvalue weighted by molar-refractivity contribution is 0.0977. The van der Waals surface area contributed by atoms with Crippen LogP contribution in [0.2, 0.25) is 0 Å². The molecule has 0 spiro atoms. The highest BCUT2D eigenvalue weighted by Gasteiger charge is 2.03. The number of benzene rings is 1. The zero-order valence-electron chi connectivity index (χ0n) is 8.82. The molecule has 0 saturated carbocycles. The van der Waals surface area contributed by atoms with Crippen LogP contribution in [0.5, 0.6) is 0 Å². The number of aromatic nitrogens is 2. The van der Waals surface area contributed by atoms with Gasteiger partial charge in [0.05, 0.1) is 6.33 Å². The van der Waals surface area contributed by atoms with Crippen LogP contribution in [0, 0.1) is 0 Å². The molecule has 0 radical (unpaired) electrons. The number of oxime groups is 1. The molecular formula is C11H10N4O2. The first kappa shape index (κ1) is 10.9. The normalized spacial score (nSPS) is 10.6. The van der Waals surface area contributed by atoms with Crippen molar-refractivity contribution < 1.29 is 10.0 Å². The highest BCUT2D eigenvalue weighted by atomic mass is 16.4. The van der Waals surface area contributed by atoms with Gasteiger partial charge in [0.15, 0.2) is 0 Å². The molecule has 0 unspecified atom stereocenters. The Labute approximate surface area is 97.2 Å². The van der Waals surface area contributed by atoms with Crippen LogP contribution in [0.15, 0.2) is 48.1 Å². The number of imidazole rings is 1. The van der Waals surface area contributed by atoms with E-state index in [1.54, 1.807) is 36.8 Å². The van der Waals surface area contributed by atoms with Gasteiger partial charge in [-0.1, -0.05) is 5.16 Å². The van der Waals surface area contributed by atoms with Gasteiger partial charge in [-0.05, 0) is 24.3 Å². The van der Waals surface area contributed by atoms with Gasteiger partial charge in [-0.3, -0.25) is 4.79 Å². The highest BCUT2D eigenvalue weighted by Crippen LogP contribution is 2.08. The summed E-state index contributed by atoms with van der Waals surface area (Å²) in [7, 11) is 0. The fourth-order valence-electron chi connectivity index (χ4n) is 1.37. The van der Waals surface area contributed by atoms with Gasteiger partial charge in [-0.2, -0.15) is 0 Å². The molecule has 0 atom stereocenters. The Kier molecular flexibility index (Phi) is 3.15. The molecule has 2 rings (SSSR count). The fraction of sp³-hybridized carbons (Fsp3) is 0. The van der Waals surface area contributed by atoms with Crippen LogP contribution in [0.3, 0.4) is 0 Å². The van der Waals surface area contributed by atoms with E-state index in [1.807, 2.05) is 10.8 Å². The number of nitrogens with zero attached hydrogens (tertiary/aromatic N) is 3. The van der Waals surface area contributed by atoms with Crippen molar-refractivity contribution in [1.82, 2.24) is 14.9 Å². The summed E-state index contributed by atoms with van der Waals surface area (Å²) >= 11 is 0. The molecule has 6 nitrogen and oxygen atoms in total. The Bertz CT molecular complexity index is 517. The maximum atomic E-state index is 11.5. The van der Waals surface area contributed by atoms with Crippen LogP contribution in [-0.2, 0) is 0 Å². The summed E-state index contributed by atoms with van der Waals surface area (Å²) in [5.74, 6) is -0.333. The summed E-state index contributed by atoms with van der Waals surface area (Å²) in [5.41, 5.74) is 1.39. The number of hydrogen-bond donors (Lipinski definition) is 2. The van der Waals surface area contributed by atoms with Gasteiger partial charge < -0.3 is 15.1 Å². The Morgan fingerprint density at radius 2 is 2.18 bits per heavy atom. The first-order valence-corrected chi connectivity index (χ1v) is 4.86. The molecule has 6 heteroatoms. The summed E-state index contributed by atoms with van der Waals surface area (Å²) < 4.78 is 1.83. The third-order valence-electron chi connectivity index (χ3n) is 2.19. The van der Waals surface area contributed by atoms with Gasteiger partial charge in [0.25, 0.3) is 5.91 Å². The minimum Gasteiger partial charge on any atom is -0.410 e. The quantitative estimate of drug-likeness (QED) is 0.357. The molecule has 1 aromatic heterocycles. The van der Waals surface area contributed by atoms with Crippen molar-refractivity contribution in [2.45, 2.75) is 0 Å². The molecular weight excluding hydrogens is 220 g/mol. The zero-order chi connectivity index (χ0) is 12.1. The van der Waals surface area contributed by atoms with Gasteiger partial charge in [-0.15, -0.1) is 0 Å².